The number of rotatable bonds is 0. The summed E-state index contributed by atoms with van der Waals surface area (Å²) in [5, 5.41) is 8.76. The van der Waals surface area contributed by atoms with Gasteiger partial charge in [0, 0.05) is 32.6 Å². The van der Waals surface area contributed by atoms with Crippen LogP contribution in [0.1, 0.15) is 13.8 Å². The van der Waals surface area contributed by atoms with E-state index in [1.807, 2.05) is 6.92 Å². The monoisotopic (exact) mass is 186 g/mol. The number of carboxylic acid groups (broad SMARTS) is 1. The van der Waals surface area contributed by atoms with Gasteiger partial charge in [0.15, 0.2) is 0 Å². The van der Waals surface area contributed by atoms with Crippen molar-refractivity contribution in [3.63, 3.8) is 0 Å². The molecule has 1 aliphatic rings. The topological polar surface area (TPSA) is 60.9 Å². The zero-order chi connectivity index (χ0) is 10.0. The zero-order valence-electron chi connectivity index (χ0n) is 7.86. The van der Waals surface area contributed by atoms with Crippen molar-refractivity contribution in [3.05, 3.63) is 0 Å². The van der Waals surface area contributed by atoms with E-state index in [9.17, 15) is 9.59 Å². The maximum atomic E-state index is 11.0. The largest absolute Gasteiger partial charge is 0.465 e. The Kier molecular flexibility index (Phi) is 2.75. The number of hydrogen-bond acceptors (Lipinski definition) is 2. The second kappa shape index (κ2) is 3.64. The van der Waals surface area contributed by atoms with Crippen LogP contribution < -0.4 is 0 Å². The van der Waals surface area contributed by atoms with Gasteiger partial charge in [-0.1, -0.05) is 0 Å². The van der Waals surface area contributed by atoms with E-state index in [-0.39, 0.29) is 11.9 Å². The molecule has 5 heteroatoms. The Morgan fingerprint density at radius 2 is 2.00 bits per heavy atom. The number of piperazine rings is 1. The van der Waals surface area contributed by atoms with Crippen molar-refractivity contribution in [2.45, 2.75) is 19.9 Å². The van der Waals surface area contributed by atoms with E-state index in [0.717, 1.165) is 0 Å². The molecule has 1 atom stereocenters. The molecule has 1 fully saturated rings. The minimum Gasteiger partial charge on any atom is -0.465 e. The normalized spacial score (nSPS) is 23.1. The second-order valence-electron chi connectivity index (χ2n) is 3.29. The molecule has 1 aliphatic heterocycles. The first-order chi connectivity index (χ1) is 6.02. The Morgan fingerprint density at radius 1 is 1.38 bits per heavy atom. The molecular formula is C8H14N2O3. The van der Waals surface area contributed by atoms with Crippen molar-refractivity contribution in [2.24, 2.45) is 0 Å². The van der Waals surface area contributed by atoms with Crippen LogP contribution >= 0.6 is 0 Å². The lowest BCUT2D eigenvalue weighted by atomic mass is 10.2. The SMILES string of the molecule is CC(=O)N1CCN(C(=O)O)[C@H](C)C1. The molecular weight excluding hydrogens is 172 g/mol. The second-order valence-corrected chi connectivity index (χ2v) is 3.29. The Hall–Kier alpha value is -1.26. The van der Waals surface area contributed by atoms with Gasteiger partial charge < -0.3 is 14.9 Å². The van der Waals surface area contributed by atoms with E-state index in [1.54, 1.807) is 4.90 Å². The molecule has 0 spiro atoms. The molecule has 13 heavy (non-hydrogen) atoms. The van der Waals surface area contributed by atoms with Crippen LogP contribution in [0.5, 0.6) is 0 Å². The minimum absolute atomic E-state index is 0.0110. The van der Waals surface area contributed by atoms with Crippen LogP contribution in [0.25, 0.3) is 0 Å². The molecule has 0 aromatic heterocycles. The summed E-state index contributed by atoms with van der Waals surface area (Å²) in [7, 11) is 0. The maximum absolute atomic E-state index is 11.0. The summed E-state index contributed by atoms with van der Waals surface area (Å²) in [5.74, 6) is 0.0110. The number of carbonyl (C=O) groups excluding carboxylic acids is 1. The molecule has 0 aromatic rings. The molecule has 5 nitrogen and oxygen atoms in total. The van der Waals surface area contributed by atoms with Crippen LogP contribution in [0.3, 0.4) is 0 Å². The van der Waals surface area contributed by atoms with Gasteiger partial charge in [-0.25, -0.2) is 4.79 Å². The summed E-state index contributed by atoms with van der Waals surface area (Å²) in [4.78, 5) is 24.7. The minimum atomic E-state index is -0.907. The van der Waals surface area contributed by atoms with Crippen LogP contribution in [-0.4, -0.2) is 52.6 Å². The molecule has 0 aliphatic carbocycles. The van der Waals surface area contributed by atoms with Crippen LogP contribution in [0, 0.1) is 0 Å². The third-order valence-corrected chi connectivity index (χ3v) is 2.32. The predicted molar refractivity (Wildman–Crippen MR) is 46.4 cm³/mol. The summed E-state index contributed by atoms with van der Waals surface area (Å²) < 4.78 is 0. The first kappa shape index (κ1) is 9.83. The van der Waals surface area contributed by atoms with Crippen LogP contribution in [0.2, 0.25) is 0 Å². The highest BCUT2D eigenvalue weighted by atomic mass is 16.4. The number of nitrogens with zero attached hydrogens (tertiary/aromatic N) is 2. The Balaban J connectivity index is 2.56. The quantitative estimate of drug-likeness (QED) is 0.588. The first-order valence-electron chi connectivity index (χ1n) is 4.27. The van der Waals surface area contributed by atoms with Gasteiger partial charge in [-0.3, -0.25) is 4.79 Å². The van der Waals surface area contributed by atoms with Gasteiger partial charge in [-0.15, -0.1) is 0 Å². The maximum Gasteiger partial charge on any atom is 0.407 e. The lowest BCUT2D eigenvalue weighted by Crippen LogP contribution is -2.54. The Bertz CT molecular complexity index is 229. The fraction of sp³-hybridized carbons (Fsp3) is 0.750. The van der Waals surface area contributed by atoms with Gasteiger partial charge in [0.25, 0.3) is 0 Å². The van der Waals surface area contributed by atoms with Crippen LogP contribution in [0.4, 0.5) is 4.79 Å². The highest BCUT2D eigenvalue weighted by Gasteiger charge is 2.27. The average molecular weight is 186 g/mol. The fourth-order valence-corrected chi connectivity index (χ4v) is 1.53. The highest BCUT2D eigenvalue weighted by Crippen LogP contribution is 2.09. The molecule has 0 aromatic carbocycles. The van der Waals surface area contributed by atoms with Crippen molar-refractivity contribution < 1.29 is 14.7 Å². The molecule has 1 rings (SSSR count). The molecule has 2 amide bonds. The summed E-state index contributed by atoms with van der Waals surface area (Å²) in [6.45, 7) is 4.73. The molecule has 74 valence electrons. The lowest BCUT2D eigenvalue weighted by Gasteiger charge is -2.37. The molecule has 1 N–H and O–H groups in total. The van der Waals surface area contributed by atoms with Gasteiger partial charge in [-0.05, 0) is 6.92 Å². The van der Waals surface area contributed by atoms with Gasteiger partial charge in [0.2, 0.25) is 5.91 Å². The van der Waals surface area contributed by atoms with Crippen molar-refractivity contribution in [1.82, 2.24) is 9.80 Å². The molecule has 1 heterocycles. The number of carbonyl (C=O) groups is 2. The third-order valence-electron chi connectivity index (χ3n) is 2.32. The Morgan fingerprint density at radius 3 is 2.38 bits per heavy atom. The van der Waals surface area contributed by atoms with Crippen molar-refractivity contribution in [3.8, 4) is 0 Å². The zero-order valence-corrected chi connectivity index (χ0v) is 7.86. The summed E-state index contributed by atoms with van der Waals surface area (Å²) in [6, 6.07) is -0.102. The standard InChI is InChI=1S/C8H14N2O3/c1-6-5-9(7(2)11)3-4-10(6)8(12)13/h6H,3-5H2,1-2H3,(H,12,13)/t6-/m1/s1. The summed E-state index contributed by atoms with van der Waals surface area (Å²) in [5.41, 5.74) is 0. The van der Waals surface area contributed by atoms with Crippen molar-refractivity contribution in [2.75, 3.05) is 19.6 Å². The first-order valence-corrected chi connectivity index (χ1v) is 4.27. The molecule has 0 radical (unpaired) electrons. The predicted octanol–water partition coefficient (Wildman–Crippen LogP) is 0.217. The third kappa shape index (κ3) is 2.11. The lowest BCUT2D eigenvalue weighted by molar-refractivity contribution is -0.131. The van der Waals surface area contributed by atoms with Gasteiger partial charge in [0.1, 0.15) is 0 Å². The molecule has 0 bridgehead atoms. The van der Waals surface area contributed by atoms with E-state index < -0.39 is 6.09 Å². The number of hydrogen-bond donors (Lipinski definition) is 1. The van der Waals surface area contributed by atoms with E-state index in [4.69, 9.17) is 5.11 Å². The smallest absolute Gasteiger partial charge is 0.407 e. The fourth-order valence-electron chi connectivity index (χ4n) is 1.53. The highest BCUT2D eigenvalue weighted by molar-refractivity contribution is 5.74. The summed E-state index contributed by atoms with van der Waals surface area (Å²) in [6.07, 6.45) is -0.907. The van der Waals surface area contributed by atoms with E-state index in [1.165, 1.54) is 11.8 Å². The Labute approximate surface area is 76.9 Å². The number of amides is 2. The van der Waals surface area contributed by atoms with Gasteiger partial charge in [-0.2, -0.15) is 0 Å². The van der Waals surface area contributed by atoms with E-state index in [2.05, 4.69) is 0 Å². The molecule has 0 unspecified atom stereocenters. The molecule has 0 saturated carbocycles. The summed E-state index contributed by atoms with van der Waals surface area (Å²) >= 11 is 0. The van der Waals surface area contributed by atoms with Crippen LogP contribution in [-0.2, 0) is 4.79 Å². The molecule has 1 saturated heterocycles. The van der Waals surface area contributed by atoms with Crippen molar-refractivity contribution in [1.29, 1.82) is 0 Å². The van der Waals surface area contributed by atoms with E-state index in [0.29, 0.717) is 19.6 Å². The van der Waals surface area contributed by atoms with Crippen molar-refractivity contribution >= 4 is 12.0 Å². The van der Waals surface area contributed by atoms with Gasteiger partial charge in [0.05, 0.1) is 0 Å². The average Bonchev–Trinajstić information content (AvgIpc) is 2.03. The van der Waals surface area contributed by atoms with E-state index >= 15 is 0 Å². The van der Waals surface area contributed by atoms with Crippen LogP contribution in [0.15, 0.2) is 0 Å². The van der Waals surface area contributed by atoms with Gasteiger partial charge >= 0.3 is 6.09 Å².